The van der Waals surface area contributed by atoms with Crippen molar-refractivity contribution in [1.82, 2.24) is 25.2 Å². The third-order valence-electron chi connectivity index (χ3n) is 5.42. The first kappa shape index (κ1) is 26.5. The summed E-state index contributed by atoms with van der Waals surface area (Å²) in [5, 5.41) is 14.4. The van der Waals surface area contributed by atoms with E-state index in [2.05, 4.69) is 37.0 Å². The Bertz CT molecular complexity index is 1260. The van der Waals surface area contributed by atoms with Gasteiger partial charge in [-0.1, -0.05) is 67.6 Å². The normalized spacial score (nSPS) is 11.5. The smallest absolute Gasteiger partial charge is 0.315 e. The Morgan fingerprint density at radius 3 is 2.57 bits per heavy atom. The number of unbranched alkanes of at least 4 members (excludes halogenated alkanes) is 1. The van der Waals surface area contributed by atoms with Gasteiger partial charge < -0.3 is 16.0 Å². The first-order valence-corrected chi connectivity index (χ1v) is 12.3. The van der Waals surface area contributed by atoms with Crippen LogP contribution >= 0.6 is 27.5 Å². The second-order valence-corrected chi connectivity index (χ2v) is 9.16. The van der Waals surface area contributed by atoms with Crippen LogP contribution in [0.3, 0.4) is 0 Å². The molecule has 2 amide bonds. The maximum Gasteiger partial charge on any atom is 0.315 e. The number of nitrogens with zero attached hydrogens (tertiary/aromatic N) is 3. The fourth-order valence-electron chi connectivity index (χ4n) is 3.61. The second kappa shape index (κ2) is 12.6. The number of carbonyl (C=O) groups is 1. The number of rotatable bonds is 9. The molecule has 0 saturated carbocycles. The molecule has 1 atom stereocenters. The molecule has 9 heteroatoms. The molecule has 0 bridgehead atoms. The fourth-order valence-corrected chi connectivity index (χ4v) is 4.19. The molecule has 3 N–H and O–H groups in total. The van der Waals surface area contributed by atoms with Crippen molar-refractivity contribution in [3.63, 3.8) is 0 Å². The minimum atomic E-state index is -0.161. The van der Waals surface area contributed by atoms with E-state index in [4.69, 9.17) is 16.6 Å². The lowest BCUT2D eigenvalue weighted by Gasteiger charge is -2.15. The highest BCUT2D eigenvalue weighted by Crippen LogP contribution is 2.30. The van der Waals surface area contributed by atoms with Gasteiger partial charge in [-0.3, -0.25) is 0 Å². The van der Waals surface area contributed by atoms with Crippen molar-refractivity contribution < 1.29 is 4.79 Å². The molecule has 35 heavy (non-hydrogen) atoms. The summed E-state index contributed by atoms with van der Waals surface area (Å²) in [6.07, 6.45) is 3.44. The summed E-state index contributed by atoms with van der Waals surface area (Å²) in [5.41, 5.74) is 3.42. The first-order valence-electron chi connectivity index (χ1n) is 11.2. The van der Waals surface area contributed by atoms with Crippen molar-refractivity contribution in [2.24, 2.45) is 0 Å². The van der Waals surface area contributed by atoms with Crippen molar-refractivity contribution in [2.75, 3.05) is 18.4 Å². The molecule has 0 aliphatic rings. The number of amides is 2. The summed E-state index contributed by atoms with van der Waals surface area (Å²) >= 11 is 9.92. The summed E-state index contributed by atoms with van der Waals surface area (Å²) < 4.78 is 2.57. The number of anilines is 1. The second-order valence-electron chi connectivity index (χ2n) is 7.90. The highest BCUT2D eigenvalue weighted by molar-refractivity contribution is 9.10. The number of nitrogens with one attached hydrogen (secondary N) is 3. The van der Waals surface area contributed by atoms with Crippen molar-refractivity contribution in [3.8, 4) is 11.3 Å². The van der Waals surface area contributed by atoms with E-state index < -0.39 is 0 Å². The average molecular weight is 558 g/mol. The molecule has 7 nitrogen and oxygen atoms in total. The molecule has 2 heterocycles. The minimum absolute atomic E-state index is 0. The van der Waals surface area contributed by atoms with Crippen LogP contribution in [0.2, 0.25) is 5.02 Å². The summed E-state index contributed by atoms with van der Waals surface area (Å²) in [7, 11) is 0. The lowest BCUT2D eigenvalue weighted by atomic mass is 10.1. The first-order chi connectivity index (χ1) is 16.5. The summed E-state index contributed by atoms with van der Waals surface area (Å²) in [6, 6.07) is 19.3. The van der Waals surface area contributed by atoms with Gasteiger partial charge in [0.15, 0.2) is 5.65 Å². The predicted octanol–water partition coefficient (Wildman–Crippen LogP) is 6.70. The minimum Gasteiger partial charge on any atom is -0.370 e. The van der Waals surface area contributed by atoms with Gasteiger partial charge in [0, 0.05) is 29.7 Å². The molecule has 2 aromatic heterocycles. The molecule has 2 aromatic carbocycles. The van der Waals surface area contributed by atoms with Crippen LogP contribution in [0, 0.1) is 0 Å². The average Bonchev–Trinajstić information content (AvgIpc) is 3.22. The Labute approximate surface area is 219 Å². The van der Waals surface area contributed by atoms with Crippen LogP contribution in [-0.4, -0.2) is 33.7 Å². The van der Waals surface area contributed by atoms with Gasteiger partial charge in [-0.25, -0.2) is 9.78 Å². The lowest BCUT2D eigenvalue weighted by molar-refractivity contribution is 0.237. The molecule has 4 rings (SSSR count). The molecule has 4 aromatic rings. The Kier molecular flexibility index (Phi) is 9.51. The molecule has 0 fully saturated rings. The Morgan fingerprint density at radius 2 is 1.80 bits per heavy atom. The molecule has 0 unspecified atom stereocenters. The quantitative estimate of drug-likeness (QED) is 0.200. The number of benzene rings is 2. The predicted molar refractivity (Wildman–Crippen MR) is 147 cm³/mol. The van der Waals surface area contributed by atoms with Gasteiger partial charge in [0.2, 0.25) is 0 Å². The van der Waals surface area contributed by atoms with Crippen molar-refractivity contribution in [3.05, 3.63) is 81.9 Å². The third-order valence-corrected chi connectivity index (χ3v) is 6.31. The largest absolute Gasteiger partial charge is 0.370 e. The molecule has 184 valence electrons. The number of carbonyl (C=O) groups excluding carboxylic acids is 1. The van der Waals surface area contributed by atoms with E-state index in [0.717, 1.165) is 46.5 Å². The number of urea groups is 1. The summed E-state index contributed by atoms with van der Waals surface area (Å²) in [6.45, 7) is 3.29. The van der Waals surface area contributed by atoms with Crippen LogP contribution in [0.4, 0.5) is 10.6 Å². The zero-order valence-electron chi connectivity index (χ0n) is 18.8. The molecule has 0 aliphatic heterocycles. The van der Waals surface area contributed by atoms with E-state index in [1.54, 1.807) is 10.7 Å². The monoisotopic (exact) mass is 556 g/mol. The van der Waals surface area contributed by atoms with E-state index in [1.807, 2.05) is 67.6 Å². The van der Waals surface area contributed by atoms with Gasteiger partial charge in [0.1, 0.15) is 5.82 Å². The number of fused-ring (bicyclic) bond motifs is 1. The van der Waals surface area contributed by atoms with Gasteiger partial charge in [0.25, 0.3) is 0 Å². The van der Waals surface area contributed by atoms with Gasteiger partial charge in [0.05, 0.1) is 22.4 Å². The molecule has 0 radical (unpaired) electrons. The topological polar surface area (TPSA) is 83.4 Å². The maximum absolute atomic E-state index is 12.2. The highest BCUT2D eigenvalue weighted by Gasteiger charge is 2.13. The number of hydrogen-bond acceptors (Lipinski definition) is 4. The number of halogens is 2. The van der Waals surface area contributed by atoms with Crippen LogP contribution in [-0.2, 0) is 0 Å². The maximum atomic E-state index is 12.2. The van der Waals surface area contributed by atoms with Crippen molar-refractivity contribution in [1.29, 1.82) is 0 Å². The zero-order valence-corrected chi connectivity index (χ0v) is 21.1. The van der Waals surface area contributed by atoms with Gasteiger partial charge >= 0.3 is 6.03 Å². The van der Waals surface area contributed by atoms with Gasteiger partial charge in [-0.05, 0) is 47.3 Å². The van der Waals surface area contributed by atoms with Crippen molar-refractivity contribution in [2.45, 2.75) is 33.2 Å². The van der Waals surface area contributed by atoms with E-state index >= 15 is 0 Å². The lowest BCUT2D eigenvalue weighted by Crippen LogP contribution is -2.37. The molecule has 0 spiro atoms. The SMILES string of the molecule is C.C[C@H](NC(=O)NCCCCNc1cc(-c2ccccc2Cl)nc2c(Br)cnn12)c1ccccc1. The van der Waals surface area contributed by atoms with Crippen LogP contribution in [0.1, 0.15) is 38.8 Å². The van der Waals surface area contributed by atoms with Crippen LogP contribution in [0.25, 0.3) is 16.9 Å². The zero-order chi connectivity index (χ0) is 23.9. The third kappa shape index (κ3) is 6.74. The van der Waals surface area contributed by atoms with E-state index in [0.29, 0.717) is 17.2 Å². The number of hydrogen-bond donors (Lipinski definition) is 3. The highest BCUT2D eigenvalue weighted by atomic mass is 79.9. The fraction of sp³-hybridized carbons (Fsp3) is 0.269. The Morgan fingerprint density at radius 1 is 1.09 bits per heavy atom. The molecular weight excluding hydrogens is 528 g/mol. The standard InChI is InChI=1S/C25H26BrClN6O.CH4/c1-17(18-9-3-2-4-10-18)31-25(34)29-14-8-7-13-28-23-15-22(19-11-5-6-12-21(19)27)32-24-20(26)16-30-33(23)24;/h2-6,9-12,15-17,28H,7-8,13-14H2,1H3,(H2,29,31,34);1H4/t17-;/m0./s1. The van der Waals surface area contributed by atoms with Gasteiger partial charge in [-0.15, -0.1) is 0 Å². The number of aromatic nitrogens is 3. The van der Waals surface area contributed by atoms with E-state index in [-0.39, 0.29) is 19.5 Å². The molecule has 0 saturated heterocycles. The molecule has 0 aliphatic carbocycles. The van der Waals surface area contributed by atoms with E-state index in [1.165, 1.54) is 0 Å². The van der Waals surface area contributed by atoms with E-state index in [9.17, 15) is 4.79 Å². The Balaban J connectivity index is 0.00000342. The van der Waals surface area contributed by atoms with Crippen molar-refractivity contribution >= 4 is 45.0 Å². The van der Waals surface area contributed by atoms with Gasteiger partial charge in [-0.2, -0.15) is 9.61 Å². The summed E-state index contributed by atoms with van der Waals surface area (Å²) in [5.74, 6) is 0.827. The van der Waals surface area contributed by atoms with Crippen LogP contribution in [0.5, 0.6) is 0 Å². The molecular formula is C26H30BrClN6O. The Hall–Kier alpha value is -3.10. The van der Waals surface area contributed by atoms with Crippen LogP contribution < -0.4 is 16.0 Å². The van der Waals surface area contributed by atoms with Crippen LogP contribution in [0.15, 0.2) is 71.3 Å². The summed E-state index contributed by atoms with van der Waals surface area (Å²) in [4.78, 5) is 16.9.